The van der Waals surface area contributed by atoms with Crippen LogP contribution in [0.4, 0.5) is 0 Å². The van der Waals surface area contributed by atoms with Gasteiger partial charge >= 0.3 is 0 Å². The van der Waals surface area contributed by atoms with Gasteiger partial charge in [-0.3, -0.25) is 4.99 Å². The smallest absolute Gasteiger partial charge is 0.191 e. The highest BCUT2D eigenvalue weighted by Gasteiger charge is 2.08. The van der Waals surface area contributed by atoms with E-state index in [1.807, 2.05) is 7.05 Å². The lowest BCUT2D eigenvalue weighted by Crippen LogP contribution is -2.38. The Morgan fingerprint density at radius 1 is 1.23 bits per heavy atom. The van der Waals surface area contributed by atoms with Crippen LogP contribution in [-0.2, 0) is 6.54 Å². The zero-order valence-corrected chi connectivity index (χ0v) is 16.7. The number of nitrogens with zero attached hydrogens (tertiary/aromatic N) is 2. The number of thiophene rings is 1. The Labute approximate surface area is 155 Å². The van der Waals surface area contributed by atoms with Gasteiger partial charge in [0.2, 0.25) is 0 Å². The molecule has 0 spiro atoms. The summed E-state index contributed by atoms with van der Waals surface area (Å²) >= 11 is 1.73. The van der Waals surface area contributed by atoms with Gasteiger partial charge in [-0.2, -0.15) is 11.3 Å². The molecule has 2 N–H and O–H groups in total. The van der Waals surface area contributed by atoms with Gasteiger partial charge < -0.3 is 15.5 Å². The van der Waals surface area contributed by atoms with Crippen molar-refractivity contribution in [2.24, 2.45) is 4.99 Å². The number of hydrogen-bond acceptors (Lipinski definition) is 3. The molecule has 0 aromatic carbocycles. The van der Waals surface area contributed by atoms with E-state index in [2.05, 4.69) is 37.4 Å². The van der Waals surface area contributed by atoms with Crippen molar-refractivity contribution in [2.45, 2.75) is 38.6 Å². The molecule has 4 nitrogen and oxygen atoms in total. The van der Waals surface area contributed by atoms with Crippen LogP contribution in [-0.4, -0.2) is 44.1 Å². The van der Waals surface area contributed by atoms with Crippen LogP contribution in [0.2, 0.25) is 0 Å². The number of rotatable bonds is 6. The summed E-state index contributed by atoms with van der Waals surface area (Å²) in [6.45, 7) is 5.60. The van der Waals surface area contributed by atoms with Gasteiger partial charge in [0, 0.05) is 20.1 Å². The lowest BCUT2D eigenvalue weighted by Gasteiger charge is -2.20. The van der Waals surface area contributed by atoms with Gasteiger partial charge in [-0.15, -0.1) is 24.0 Å². The number of aliphatic imine (C=N–C) groups is 1. The fourth-order valence-corrected chi connectivity index (χ4v) is 3.34. The highest BCUT2D eigenvalue weighted by molar-refractivity contribution is 14.0. The molecule has 0 atom stereocenters. The molecule has 0 bridgehead atoms. The Morgan fingerprint density at radius 3 is 2.64 bits per heavy atom. The fraction of sp³-hybridized carbons (Fsp3) is 0.688. The molecule has 0 unspecified atom stereocenters. The second kappa shape index (κ2) is 12.1. The van der Waals surface area contributed by atoms with Crippen molar-refractivity contribution in [3.05, 3.63) is 22.4 Å². The minimum atomic E-state index is 0. The Balaban J connectivity index is 0.00000242. The SMILES string of the molecule is CN=C(NCCCN1CCCCCC1)NCc1ccsc1.I. The van der Waals surface area contributed by atoms with Crippen LogP contribution in [0, 0.1) is 0 Å². The van der Waals surface area contributed by atoms with E-state index in [4.69, 9.17) is 0 Å². The topological polar surface area (TPSA) is 39.7 Å². The van der Waals surface area contributed by atoms with Gasteiger partial charge in [0.25, 0.3) is 0 Å². The van der Waals surface area contributed by atoms with Crippen LogP contribution in [0.1, 0.15) is 37.7 Å². The molecule has 0 saturated carbocycles. The van der Waals surface area contributed by atoms with Crippen LogP contribution >= 0.6 is 35.3 Å². The largest absolute Gasteiger partial charge is 0.356 e. The van der Waals surface area contributed by atoms with Crippen molar-refractivity contribution in [3.63, 3.8) is 0 Å². The third kappa shape index (κ3) is 7.78. The van der Waals surface area contributed by atoms with Crippen LogP contribution in [0.3, 0.4) is 0 Å². The summed E-state index contributed by atoms with van der Waals surface area (Å²) < 4.78 is 0. The molecular weight excluding hydrogens is 407 g/mol. The number of nitrogens with one attached hydrogen (secondary N) is 2. The highest BCUT2D eigenvalue weighted by Crippen LogP contribution is 2.09. The maximum atomic E-state index is 4.27. The normalized spacial score (nSPS) is 16.7. The Hall–Kier alpha value is -0.340. The summed E-state index contributed by atoms with van der Waals surface area (Å²) in [5.41, 5.74) is 1.31. The summed E-state index contributed by atoms with van der Waals surface area (Å²) in [6.07, 6.45) is 6.75. The zero-order chi connectivity index (χ0) is 14.8. The highest BCUT2D eigenvalue weighted by atomic mass is 127. The zero-order valence-electron chi connectivity index (χ0n) is 13.5. The van der Waals surface area contributed by atoms with Crippen LogP contribution in [0.15, 0.2) is 21.8 Å². The first-order valence-corrected chi connectivity index (χ1v) is 9.01. The molecule has 1 aromatic rings. The third-order valence-electron chi connectivity index (χ3n) is 3.91. The summed E-state index contributed by atoms with van der Waals surface area (Å²) in [5, 5.41) is 11.0. The van der Waals surface area contributed by atoms with Gasteiger partial charge in [0.05, 0.1) is 0 Å². The number of likely N-dealkylation sites (tertiary alicyclic amines) is 1. The molecule has 2 heterocycles. The summed E-state index contributed by atoms with van der Waals surface area (Å²) in [5.74, 6) is 0.900. The average Bonchev–Trinajstić information content (AvgIpc) is 2.89. The average molecular weight is 436 g/mol. The van der Waals surface area contributed by atoms with Crippen LogP contribution in [0.25, 0.3) is 0 Å². The van der Waals surface area contributed by atoms with Gasteiger partial charge in [0.1, 0.15) is 0 Å². The molecular formula is C16H29IN4S. The van der Waals surface area contributed by atoms with Crippen molar-refractivity contribution >= 4 is 41.3 Å². The fourth-order valence-electron chi connectivity index (χ4n) is 2.67. The Kier molecular flexibility index (Phi) is 10.9. The van der Waals surface area contributed by atoms with Crippen molar-refractivity contribution in [2.75, 3.05) is 33.2 Å². The van der Waals surface area contributed by atoms with Crippen LogP contribution in [0.5, 0.6) is 0 Å². The van der Waals surface area contributed by atoms with Crippen molar-refractivity contribution in [3.8, 4) is 0 Å². The first-order valence-electron chi connectivity index (χ1n) is 8.06. The van der Waals surface area contributed by atoms with Crippen molar-refractivity contribution < 1.29 is 0 Å². The van der Waals surface area contributed by atoms with Crippen LogP contribution < -0.4 is 10.6 Å². The lowest BCUT2D eigenvalue weighted by atomic mass is 10.2. The van der Waals surface area contributed by atoms with Gasteiger partial charge in [0.15, 0.2) is 5.96 Å². The molecule has 1 aromatic heterocycles. The minimum absolute atomic E-state index is 0. The van der Waals surface area contributed by atoms with Gasteiger partial charge in [-0.05, 0) is 61.3 Å². The molecule has 0 radical (unpaired) electrons. The van der Waals surface area contributed by atoms with E-state index in [1.165, 1.54) is 57.3 Å². The van der Waals surface area contributed by atoms with E-state index >= 15 is 0 Å². The molecule has 1 saturated heterocycles. The summed E-state index contributed by atoms with van der Waals surface area (Å²) in [4.78, 5) is 6.88. The summed E-state index contributed by atoms with van der Waals surface area (Å²) in [7, 11) is 1.83. The van der Waals surface area contributed by atoms with Gasteiger partial charge in [-0.25, -0.2) is 0 Å². The van der Waals surface area contributed by atoms with E-state index in [1.54, 1.807) is 11.3 Å². The molecule has 22 heavy (non-hydrogen) atoms. The molecule has 1 fully saturated rings. The second-order valence-corrected chi connectivity index (χ2v) is 6.37. The minimum Gasteiger partial charge on any atom is -0.356 e. The lowest BCUT2D eigenvalue weighted by molar-refractivity contribution is 0.282. The predicted octanol–water partition coefficient (Wildman–Crippen LogP) is 3.30. The number of guanidine groups is 1. The van der Waals surface area contributed by atoms with Crippen molar-refractivity contribution in [1.29, 1.82) is 0 Å². The van der Waals surface area contributed by atoms with Crippen molar-refractivity contribution in [1.82, 2.24) is 15.5 Å². The molecule has 1 aliphatic heterocycles. The Bertz CT molecular complexity index is 400. The molecule has 0 amide bonds. The maximum Gasteiger partial charge on any atom is 0.191 e. The molecule has 6 heteroatoms. The van der Waals surface area contributed by atoms with E-state index in [0.29, 0.717) is 0 Å². The maximum absolute atomic E-state index is 4.27. The first-order chi connectivity index (χ1) is 10.4. The van der Waals surface area contributed by atoms with E-state index in [0.717, 1.165) is 19.0 Å². The first kappa shape index (κ1) is 19.7. The third-order valence-corrected chi connectivity index (χ3v) is 4.64. The molecule has 2 rings (SSSR count). The van der Waals surface area contributed by atoms with E-state index in [-0.39, 0.29) is 24.0 Å². The number of hydrogen-bond donors (Lipinski definition) is 2. The number of halogens is 1. The Morgan fingerprint density at radius 2 is 2.00 bits per heavy atom. The molecule has 1 aliphatic rings. The predicted molar refractivity (Wildman–Crippen MR) is 107 cm³/mol. The molecule has 126 valence electrons. The van der Waals surface area contributed by atoms with E-state index in [9.17, 15) is 0 Å². The molecule has 0 aliphatic carbocycles. The standard InChI is InChI=1S/C16H28N4S.HI/c1-17-16(19-13-15-7-12-21-14-15)18-8-6-11-20-9-4-2-3-5-10-20;/h7,12,14H,2-6,8-11,13H2,1H3,(H2,17,18,19);1H. The van der Waals surface area contributed by atoms with E-state index < -0.39 is 0 Å². The monoisotopic (exact) mass is 436 g/mol. The quantitative estimate of drug-likeness (QED) is 0.311. The second-order valence-electron chi connectivity index (χ2n) is 5.59. The van der Waals surface area contributed by atoms with Gasteiger partial charge in [-0.1, -0.05) is 12.8 Å². The summed E-state index contributed by atoms with van der Waals surface area (Å²) in [6, 6.07) is 2.14.